The van der Waals surface area contributed by atoms with Gasteiger partial charge in [-0.15, -0.1) is 0 Å². The molecule has 0 saturated carbocycles. The summed E-state index contributed by atoms with van der Waals surface area (Å²) < 4.78 is 1.41. The van der Waals surface area contributed by atoms with Crippen molar-refractivity contribution in [2.75, 3.05) is 22.9 Å². The molecule has 4 rings (SSSR count). The van der Waals surface area contributed by atoms with Crippen molar-refractivity contribution < 1.29 is 4.79 Å². The first kappa shape index (κ1) is 28.9. The third kappa shape index (κ3) is 7.95. The van der Waals surface area contributed by atoms with E-state index >= 15 is 0 Å². The number of nitrogens with one attached hydrogen (secondary N) is 4. The minimum absolute atomic E-state index is 0.0194. The molecule has 212 valence electrons. The molecule has 4 aromatic rings. The number of nitrogens with two attached hydrogens (primary N) is 2. The van der Waals surface area contributed by atoms with Gasteiger partial charge in [0, 0.05) is 41.6 Å². The Hall–Kier alpha value is -5.12. The van der Waals surface area contributed by atoms with Gasteiger partial charge in [-0.3, -0.25) is 19.6 Å². The number of amides is 1. The van der Waals surface area contributed by atoms with E-state index in [0.717, 1.165) is 17.7 Å². The summed E-state index contributed by atoms with van der Waals surface area (Å²) >= 11 is 0. The first-order chi connectivity index (χ1) is 19.7. The quantitative estimate of drug-likeness (QED) is 0.0888. The van der Waals surface area contributed by atoms with Crippen molar-refractivity contribution in [3.8, 4) is 11.3 Å². The standard InChI is InChI=1S/C31H36N8O2/c1-20(2)38-30-31(41)39(19-28(40)36-17-22-8-10-23(11-9-22)29(33)34)27(18-37-30)24-14-25(32)16-26(15-24)35-13-12-21-6-4-3-5-7-21/h3-11,14-16,18,20,35H,12-13,17,19,32H2,1-2H3,(H3,33,34)(H,36,40)(H,37,38). The summed E-state index contributed by atoms with van der Waals surface area (Å²) in [6.07, 6.45) is 2.42. The van der Waals surface area contributed by atoms with Gasteiger partial charge in [0.1, 0.15) is 12.4 Å². The Morgan fingerprint density at radius 2 is 1.76 bits per heavy atom. The van der Waals surface area contributed by atoms with Crippen LogP contribution in [0.25, 0.3) is 11.3 Å². The molecule has 10 heteroatoms. The Balaban J connectivity index is 1.56. The second kappa shape index (κ2) is 13.3. The highest BCUT2D eigenvalue weighted by Crippen LogP contribution is 2.26. The number of carbonyl (C=O) groups excluding carboxylic acids is 1. The Morgan fingerprint density at radius 3 is 2.44 bits per heavy atom. The monoisotopic (exact) mass is 552 g/mol. The summed E-state index contributed by atoms with van der Waals surface area (Å²) in [5, 5.41) is 16.9. The van der Waals surface area contributed by atoms with E-state index in [9.17, 15) is 9.59 Å². The molecule has 0 spiro atoms. The van der Waals surface area contributed by atoms with E-state index in [1.807, 2.05) is 44.2 Å². The van der Waals surface area contributed by atoms with Crippen molar-refractivity contribution >= 4 is 28.9 Å². The number of hydrogen-bond acceptors (Lipinski definition) is 7. The van der Waals surface area contributed by atoms with Crippen molar-refractivity contribution in [3.63, 3.8) is 0 Å². The highest BCUT2D eigenvalue weighted by molar-refractivity contribution is 5.94. The van der Waals surface area contributed by atoms with Gasteiger partial charge in [0.15, 0.2) is 5.82 Å². The van der Waals surface area contributed by atoms with Crippen LogP contribution >= 0.6 is 0 Å². The van der Waals surface area contributed by atoms with Crippen LogP contribution in [-0.2, 0) is 24.3 Å². The number of benzene rings is 3. The molecule has 0 atom stereocenters. The fourth-order valence-corrected chi connectivity index (χ4v) is 4.35. The second-order valence-corrected chi connectivity index (χ2v) is 10.1. The lowest BCUT2D eigenvalue weighted by atomic mass is 10.1. The molecule has 0 radical (unpaired) electrons. The maximum absolute atomic E-state index is 13.5. The Kier molecular flexibility index (Phi) is 9.36. The molecule has 0 aliphatic carbocycles. The third-order valence-corrected chi connectivity index (χ3v) is 6.37. The molecule has 0 unspecified atom stereocenters. The molecular weight excluding hydrogens is 516 g/mol. The van der Waals surface area contributed by atoms with Crippen molar-refractivity contribution in [1.82, 2.24) is 14.9 Å². The maximum atomic E-state index is 13.5. The number of anilines is 3. The third-order valence-electron chi connectivity index (χ3n) is 6.37. The lowest BCUT2D eigenvalue weighted by Crippen LogP contribution is -2.35. The van der Waals surface area contributed by atoms with Gasteiger partial charge in [-0.25, -0.2) is 4.98 Å². The van der Waals surface area contributed by atoms with Crippen molar-refractivity contribution in [1.29, 1.82) is 5.41 Å². The number of hydrogen-bond donors (Lipinski definition) is 6. The Bertz CT molecular complexity index is 1560. The van der Waals surface area contributed by atoms with Gasteiger partial charge in [-0.2, -0.15) is 0 Å². The Morgan fingerprint density at radius 1 is 1.02 bits per heavy atom. The molecule has 3 aromatic carbocycles. The molecule has 0 bridgehead atoms. The van der Waals surface area contributed by atoms with Gasteiger partial charge in [0.05, 0.1) is 11.9 Å². The lowest BCUT2D eigenvalue weighted by molar-refractivity contribution is -0.121. The smallest absolute Gasteiger partial charge is 0.294 e. The topological polar surface area (TPSA) is 164 Å². The molecule has 0 aliphatic rings. The summed E-state index contributed by atoms with van der Waals surface area (Å²) in [7, 11) is 0. The largest absolute Gasteiger partial charge is 0.399 e. The molecule has 0 saturated heterocycles. The van der Waals surface area contributed by atoms with E-state index < -0.39 is 5.56 Å². The van der Waals surface area contributed by atoms with E-state index in [1.165, 1.54) is 10.1 Å². The van der Waals surface area contributed by atoms with Crippen LogP contribution in [0.15, 0.2) is 83.8 Å². The van der Waals surface area contributed by atoms with Gasteiger partial charge in [0.25, 0.3) is 5.56 Å². The predicted molar refractivity (Wildman–Crippen MR) is 165 cm³/mol. The molecule has 1 aromatic heterocycles. The zero-order valence-corrected chi connectivity index (χ0v) is 23.3. The number of carbonyl (C=O) groups is 1. The Labute approximate surface area is 239 Å². The zero-order chi connectivity index (χ0) is 29.4. The van der Waals surface area contributed by atoms with Gasteiger partial charge in [0.2, 0.25) is 5.91 Å². The molecule has 1 amide bonds. The zero-order valence-electron chi connectivity index (χ0n) is 23.3. The van der Waals surface area contributed by atoms with E-state index in [0.29, 0.717) is 29.1 Å². The molecule has 10 nitrogen and oxygen atoms in total. The minimum Gasteiger partial charge on any atom is -0.399 e. The number of nitrogens with zero attached hydrogens (tertiary/aromatic N) is 2. The van der Waals surface area contributed by atoms with Crippen LogP contribution in [0.5, 0.6) is 0 Å². The summed E-state index contributed by atoms with van der Waals surface area (Å²) in [6, 6.07) is 22.7. The minimum atomic E-state index is -0.404. The summed E-state index contributed by atoms with van der Waals surface area (Å²) in [4.78, 5) is 30.9. The lowest BCUT2D eigenvalue weighted by Gasteiger charge is -2.17. The van der Waals surface area contributed by atoms with E-state index in [-0.39, 0.29) is 36.7 Å². The van der Waals surface area contributed by atoms with Gasteiger partial charge in [-0.1, -0.05) is 54.6 Å². The molecular formula is C31H36N8O2. The number of nitrogen functional groups attached to an aromatic ring is 2. The van der Waals surface area contributed by atoms with Gasteiger partial charge < -0.3 is 27.4 Å². The number of rotatable bonds is 12. The molecule has 41 heavy (non-hydrogen) atoms. The normalized spacial score (nSPS) is 10.8. The van der Waals surface area contributed by atoms with Gasteiger partial charge >= 0.3 is 0 Å². The van der Waals surface area contributed by atoms with Gasteiger partial charge in [-0.05, 0) is 49.6 Å². The van der Waals surface area contributed by atoms with Crippen LogP contribution in [0.1, 0.15) is 30.5 Å². The fraction of sp³-hybridized carbons (Fsp3) is 0.226. The average Bonchev–Trinajstić information content (AvgIpc) is 2.94. The maximum Gasteiger partial charge on any atom is 0.294 e. The molecule has 0 fully saturated rings. The highest BCUT2D eigenvalue weighted by atomic mass is 16.2. The van der Waals surface area contributed by atoms with Crippen molar-refractivity contribution in [2.45, 2.75) is 39.4 Å². The van der Waals surface area contributed by atoms with E-state index in [2.05, 4.69) is 33.1 Å². The van der Waals surface area contributed by atoms with E-state index in [4.69, 9.17) is 16.9 Å². The first-order valence-corrected chi connectivity index (χ1v) is 13.4. The number of amidine groups is 1. The number of aromatic nitrogens is 2. The van der Waals surface area contributed by atoms with Crippen molar-refractivity contribution in [3.05, 3.63) is 106 Å². The fourth-order valence-electron chi connectivity index (χ4n) is 4.35. The predicted octanol–water partition coefficient (Wildman–Crippen LogP) is 3.57. The van der Waals surface area contributed by atoms with Crippen LogP contribution in [0.2, 0.25) is 0 Å². The highest BCUT2D eigenvalue weighted by Gasteiger charge is 2.16. The first-order valence-electron chi connectivity index (χ1n) is 13.4. The molecule has 8 N–H and O–H groups in total. The van der Waals surface area contributed by atoms with Crippen LogP contribution in [-0.4, -0.2) is 33.9 Å². The summed E-state index contributed by atoms with van der Waals surface area (Å²) in [5.41, 5.74) is 16.5. The van der Waals surface area contributed by atoms with Crippen LogP contribution in [0.4, 0.5) is 17.2 Å². The summed E-state index contributed by atoms with van der Waals surface area (Å²) in [6.45, 7) is 4.58. The second-order valence-electron chi connectivity index (χ2n) is 10.1. The van der Waals surface area contributed by atoms with Crippen LogP contribution in [0, 0.1) is 5.41 Å². The SMILES string of the molecule is CC(C)Nc1ncc(-c2cc(N)cc(NCCc3ccccc3)c2)n(CC(=O)NCc2ccc(C(=N)N)cc2)c1=O. The van der Waals surface area contributed by atoms with Crippen LogP contribution in [0.3, 0.4) is 0 Å². The average molecular weight is 553 g/mol. The molecule has 1 heterocycles. The van der Waals surface area contributed by atoms with Crippen LogP contribution < -0.4 is 33.0 Å². The van der Waals surface area contributed by atoms with E-state index in [1.54, 1.807) is 36.5 Å². The molecule has 0 aliphatic heterocycles. The van der Waals surface area contributed by atoms with Crippen molar-refractivity contribution in [2.24, 2.45) is 5.73 Å². The summed E-state index contributed by atoms with van der Waals surface area (Å²) in [5.74, 6) is -0.190.